The van der Waals surface area contributed by atoms with Crippen LogP contribution in [0.2, 0.25) is 0 Å². The lowest BCUT2D eigenvalue weighted by atomic mass is 10.1. The molecule has 0 amide bonds. The number of hydrogen-bond acceptors (Lipinski definition) is 6. The van der Waals surface area contributed by atoms with E-state index in [1.807, 2.05) is 21.1 Å². The molecule has 0 spiro atoms. The van der Waals surface area contributed by atoms with E-state index in [1.165, 1.54) is 12.8 Å². The Morgan fingerprint density at radius 1 is 0.660 bits per heavy atom. The zero-order chi connectivity index (χ0) is 35.0. The molecule has 270 valence electrons. The summed E-state index contributed by atoms with van der Waals surface area (Å²) in [5.74, 6) is -1.52. The van der Waals surface area contributed by atoms with Gasteiger partial charge in [0, 0.05) is 19.3 Å². The van der Waals surface area contributed by atoms with Gasteiger partial charge in [0.1, 0.15) is 6.61 Å². The molecule has 0 rings (SSSR count). The van der Waals surface area contributed by atoms with Crippen molar-refractivity contribution in [3.8, 4) is 0 Å². The average molecular weight is 663 g/mol. The van der Waals surface area contributed by atoms with Crippen LogP contribution in [0.3, 0.4) is 0 Å². The first kappa shape index (κ1) is 44.3. The molecule has 0 aliphatic rings. The van der Waals surface area contributed by atoms with Crippen molar-refractivity contribution in [3.05, 3.63) is 48.6 Å². The van der Waals surface area contributed by atoms with Gasteiger partial charge in [0.15, 0.2) is 12.1 Å². The van der Waals surface area contributed by atoms with Gasteiger partial charge in [-0.15, -0.1) is 0 Å². The molecule has 1 N–H and O–H groups in total. The number of carboxylic acid groups (broad SMARTS) is 1. The monoisotopic (exact) mass is 662 g/mol. The van der Waals surface area contributed by atoms with Gasteiger partial charge in [-0.1, -0.05) is 107 Å². The van der Waals surface area contributed by atoms with Crippen molar-refractivity contribution in [2.75, 3.05) is 41.0 Å². The molecule has 8 nitrogen and oxygen atoms in total. The summed E-state index contributed by atoms with van der Waals surface area (Å²) in [6, 6.07) is -0.614. The van der Waals surface area contributed by atoms with E-state index in [-0.39, 0.29) is 36.2 Å². The van der Waals surface area contributed by atoms with Crippen LogP contribution in [0.25, 0.3) is 0 Å². The largest absolute Gasteiger partial charge is 0.477 e. The number of unbranched alkanes of at least 4 members (excludes halogenated alkanes) is 9. The molecular weight excluding hydrogens is 594 g/mol. The van der Waals surface area contributed by atoms with E-state index in [2.05, 4.69) is 62.5 Å². The SMILES string of the molecule is CC/C=C\C/C=C\C/C=C\C/C=C\CCCCCCCCC(=O)OC(COCCC(C(=O)O)[N+](C)(C)C)COC(=O)CCCCCC. The summed E-state index contributed by atoms with van der Waals surface area (Å²) in [7, 11) is 5.49. The molecule has 8 heteroatoms. The number of carboxylic acids is 1. The quantitative estimate of drug-likeness (QED) is 0.0343. The minimum atomic E-state index is -0.882. The van der Waals surface area contributed by atoms with E-state index in [9.17, 15) is 19.5 Å². The molecule has 0 bridgehead atoms. The second kappa shape index (κ2) is 30.6. The van der Waals surface area contributed by atoms with Gasteiger partial charge < -0.3 is 23.8 Å². The maximum atomic E-state index is 12.6. The van der Waals surface area contributed by atoms with E-state index >= 15 is 0 Å². The smallest absolute Gasteiger partial charge is 0.362 e. The summed E-state index contributed by atoms with van der Waals surface area (Å²) in [5.41, 5.74) is 0. The van der Waals surface area contributed by atoms with E-state index in [1.54, 1.807) is 0 Å². The van der Waals surface area contributed by atoms with Crippen LogP contribution in [0.4, 0.5) is 0 Å². The van der Waals surface area contributed by atoms with Gasteiger partial charge in [-0.2, -0.15) is 0 Å². The molecule has 0 radical (unpaired) electrons. The summed E-state index contributed by atoms with van der Waals surface area (Å²) in [6.07, 6.45) is 33.4. The van der Waals surface area contributed by atoms with Crippen LogP contribution in [0.15, 0.2) is 48.6 Å². The lowest BCUT2D eigenvalue weighted by Crippen LogP contribution is -2.50. The van der Waals surface area contributed by atoms with E-state index in [0.717, 1.165) is 83.5 Å². The topological polar surface area (TPSA) is 99.1 Å². The van der Waals surface area contributed by atoms with Gasteiger partial charge >= 0.3 is 17.9 Å². The Bertz CT molecular complexity index is 917. The molecule has 0 heterocycles. The van der Waals surface area contributed by atoms with Crippen LogP contribution in [-0.2, 0) is 28.6 Å². The van der Waals surface area contributed by atoms with Crippen LogP contribution < -0.4 is 0 Å². The predicted molar refractivity (Wildman–Crippen MR) is 192 cm³/mol. The normalized spacial score (nSPS) is 13.6. The van der Waals surface area contributed by atoms with Crippen molar-refractivity contribution in [1.29, 1.82) is 0 Å². The number of allylic oxidation sites excluding steroid dienone is 8. The number of rotatable bonds is 31. The Morgan fingerprint density at radius 3 is 1.77 bits per heavy atom. The fraction of sp³-hybridized carbons (Fsp3) is 0.718. The molecule has 2 atom stereocenters. The van der Waals surface area contributed by atoms with Gasteiger partial charge in [-0.3, -0.25) is 9.59 Å². The lowest BCUT2D eigenvalue weighted by molar-refractivity contribution is -0.887. The minimum Gasteiger partial charge on any atom is -0.477 e. The van der Waals surface area contributed by atoms with E-state index in [0.29, 0.717) is 19.3 Å². The molecule has 0 aliphatic heterocycles. The van der Waals surface area contributed by atoms with Crippen LogP contribution in [0.1, 0.15) is 129 Å². The average Bonchev–Trinajstić information content (AvgIpc) is 3.02. The molecule has 0 saturated carbocycles. The summed E-state index contributed by atoms with van der Waals surface area (Å²) in [6.45, 7) is 4.46. The number of hydrogen-bond donors (Lipinski definition) is 1. The second-order valence-corrected chi connectivity index (χ2v) is 13.1. The van der Waals surface area contributed by atoms with Crippen LogP contribution in [-0.4, -0.2) is 80.6 Å². The Morgan fingerprint density at radius 2 is 1.19 bits per heavy atom. The fourth-order valence-corrected chi connectivity index (χ4v) is 4.90. The zero-order valence-electron chi connectivity index (χ0n) is 30.5. The molecular formula is C39H68NO7+. The molecule has 0 aromatic heterocycles. The van der Waals surface area contributed by atoms with Crippen molar-refractivity contribution < 1.29 is 38.2 Å². The number of quaternary nitrogens is 1. The third-order valence-corrected chi connectivity index (χ3v) is 7.74. The molecule has 47 heavy (non-hydrogen) atoms. The maximum Gasteiger partial charge on any atom is 0.362 e. The third kappa shape index (κ3) is 29.2. The molecule has 2 unspecified atom stereocenters. The molecule has 0 saturated heterocycles. The molecule has 0 aliphatic carbocycles. The number of carbonyl (C=O) groups excluding carboxylic acids is 2. The van der Waals surface area contributed by atoms with Gasteiger partial charge in [0.25, 0.3) is 0 Å². The summed E-state index contributed by atoms with van der Waals surface area (Å²) < 4.78 is 17.0. The fourth-order valence-electron chi connectivity index (χ4n) is 4.90. The highest BCUT2D eigenvalue weighted by Crippen LogP contribution is 2.12. The Balaban J connectivity index is 4.28. The highest BCUT2D eigenvalue weighted by molar-refractivity contribution is 5.72. The number of esters is 2. The Labute approximate surface area is 286 Å². The third-order valence-electron chi connectivity index (χ3n) is 7.74. The number of nitrogens with zero attached hydrogens (tertiary/aromatic N) is 1. The van der Waals surface area contributed by atoms with Gasteiger partial charge in [0.05, 0.1) is 34.4 Å². The van der Waals surface area contributed by atoms with Crippen molar-refractivity contribution in [1.82, 2.24) is 0 Å². The molecule has 0 fully saturated rings. The van der Waals surface area contributed by atoms with E-state index < -0.39 is 18.1 Å². The van der Waals surface area contributed by atoms with Crippen molar-refractivity contribution in [2.45, 2.75) is 142 Å². The summed E-state index contributed by atoms with van der Waals surface area (Å²) in [5, 5.41) is 9.53. The molecule has 0 aromatic carbocycles. The first-order valence-electron chi connectivity index (χ1n) is 18.2. The van der Waals surface area contributed by atoms with Crippen LogP contribution >= 0.6 is 0 Å². The summed E-state index contributed by atoms with van der Waals surface area (Å²) in [4.78, 5) is 36.4. The first-order chi connectivity index (χ1) is 22.6. The highest BCUT2D eigenvalue weighted by atomic mass is 16.6. The number of aliphatic carboxylic acids is 1. The van der Waals surface area contributed by atoms with Crippen molar-refractivity contribution in [2.24, 2.45) is 0 Å². The number of carbonyl (C=O) groups is 3. The first-order valence-corrected chi connectivity index (χ1v) is 18.2. The van der Waals surface area contributed by atoms with Gasteiger partial charge in [0.2, 0.25) is 0 Å². The molecule has 0 aromatic rings. The van der Waals surface area contributed by atoms with Crippen molar-refractivity contribution >= 4 is 17.9 Å². The number of likely N-dealkylation sites (N-methyl/N-ethyl adjacent to an activating group) is 1. The van der Waals surface area contributed by atoms with Gasteiger partial charge in [-0.25, -0.2) is 4.79 Å². The zero-order valence-corrected chi connectivity index (χ0v) is 30.5. The standard InChI is InChI=1S/C39H67NO7/c1-6-8-10-12-13-14-15-16-17-18-19-20-21-22-23-24-25-26-28-30-38(42)47-35(34-46-37(41)29-27-11-9-7-2)33-45-32-31-36(39(43)44)40(3,4)5/h8,10,13-14,16-17,19-20,35-36H,6-7,9,11-12,15,18,21-34H2,1-5H3/p+1/b10-8-,14-13-,17-16-,20-19-. The minimum absolute atomic E-state index is 0.0532. The number of ether oxygens (including phenoxy) is 3. The Kier molecular flexibility index (Phi) is 28.8. The lowest BCUT2D eigenvalue weighted by Gasteiger charge is -2.31. The van der Waals surface area contributed by atoms with Crippen molar-refractivity contribution in [3.63, 3.8) is 0 Å². The van der Waals surface area contributed by atoms with Crippen LogP contribution in [0, 0.1) is 0 Å². The maximum absolute atomic E-state index is 12.6. The van der Waals surface area contributed by atoms with Crippen LogP contribution in [0.5, 0.6) is 0 Å². The predicted octanol–water partition coefficient (Wildman–Crippen LogP) is 8.90. The van der Waals surface area contributed by atoms with Gasteiger partial charge in [-0.05, 0) is 51.4 Å². The van der Waals surface area contributed by atoms with E-state index in [4.69, 9.17) is 14.2 Å². The highest BCUT2D eigenvalue weighted by Gasteiger charge is 2.31. The Hall–Kier alpha value is -2.71. The second-order valence-electron chi connectivity index (χ2n) is 13.1. The summed E-state index contributed by atoms with van der Waals surface area (Å²) >= 11 is 0.